The molecule has 2 heterocycles. The minimum atomic E-state index is -0.0335. The largest absolute Gasteiger partial charge is 0.390 e. The first-order valence-corrected chi connectivity index (χ1v) is 5.54. The zero-order valence-corrected chi connectivity index (χ0v) is 9.43. The van der Waals surface area contributed by atoms with Crippen molar-refractivity contribution in [2.45, 2.75) is 31.7 Å². The highest BCUT2D eigenvalue weighted by atomic mass is 16.5. The second-order valence-electron chi connectivity index (χ2n) is 3.95. The highest BCUT2D eigenvalue weighted by molar-refractivity contribution is 5.13. The standard InChI is InChI=1S/C12H17NO3/c1-15-10-5-6-16-12(7-10)11-4-2-3-9(8-14)13-11/h2-4,10,12,14H,5-8H2,1H3. The van der Waals surface area contributed by atoms with Crippen molar-refractivity contribution in [3.63, 3.8) is 0 Å². The van der Waals surface area contributed by atoms with Gasteiger partial charge in [0, 0.05) is 20.1 Å². The predicted molar refractivity (Wildman–Crippen MR) is 58.9 cm³/mol. The van der Waals surface area contributed by atoms with E-state index in [1.165, 1.54) is 0 Å². The molecule has 0 aliphatic carbocycles. The van der Waals surface area contributed by atoms with Gasteiger partial charge in [-0.25, -0.2) is 0 Å². The van der Waals surface area contributed by atoms with Gasteiger partial charge in [-0.15, -0.1) is 0 Å². The number of rotatable bonds is 3. The average Bonchev–Trinajstić information content (AvgIpc) is 2.39. The van der Waals surface area contributed by atoms with Crippen LogP contribution < -0.4 is 0 Å². The lowest BCUT2D eigenvalue weighted by Crippen LogP contribution is -2.25. The first kappa shape index (κ1) is 11.5. The summed E-state index contributed by atoms with van der Waals surface area (Å²) in [6.45, 7) is 0.669. The zero-order chi connectivity index (χ0) is 11.4. The fraction of sp³-hybridized carbons (Fsp3) is 0.583. The van der Waals surface area contributed by atoms with Gasteiger partial charge in [-0.2, -0.15) is 0 Å². The molecule has 2 atom stereocenters. The lowest BCUT2D eigenvalue weighted by atomic mass is 10.0. The Morgan fingerprint density at radius 3 is 3.19 bits per heavy atom. The number of hydrogen-bond donors (Lipinski definition) is 1. The molecule has 4 nitrogen and oxygen atoms in total. The molecule has 2 unspecified atom stereocenters. The summed E-state index contributed by atoms with van der Waals surface area (Å²) in [5, 5.41) is 9.03. The lowest BCUT2D eigenvalue weighted by Gasteiger charge is -2.28. The topological polar surface area (TPSA) is 51.6 Å². The molecule has 1 aromatic heterocycles. The van der Waals surface area contributed by atoms with Crippen LogP contribution >= 0.6 is 0 Å². The van der Waals surface area contributed by atoms with Gasteiger partial charge in [0.05, 0.1) is 24.1 Å². The number of ether oxygens (including phenoxy) is 2. The third-order valence-corrected chi connectivity index (χ3v) is 2.89. The van der Waals surface area contributed by atoms with E-state index in [1.807, 2.05) is 12.1 Å². The van der Waals surface area contributed by atoms with Crippen LogP contribution in [0.5, 0.6) is 0 Å². The SMILES string of the molecule is COC1CCOC(c2cccc(CO)n2)C1. The maximum Gasteiger partial charge on any atom is 0.102 e. The monoisotopic (exact) mass is 223 g/mol. The fourth-order valence-corrected chi connectivity index (χ4v) is 1.95. The van der Waals surface area contributed by atoms with Crippen LogP contribution in [0.15, 0.2) is 18.2 Å². The van der Waals surface area contributed by atoms with E-state index >= 15 is 0 Å². The van der Waals surface area contributed by atoms with Crippen molar-refractivity contribution in [3.8, 4) is 0 Å². The van der Waals surface area contributed by atoms with Crippen molar-refractivity contribution in [3.05, 3.63) is 29.6 Å². The second-order valence-corrected chi connectivity index (χ2v) is 3.95. The quantitative estimate of drug-likeness (QED) is 0.842. The summed E-state index contributed by atoms with van der Waals surface area (Å²) in [5.41, 5.74) is 1.56. The molecular formula is C12H17NO3. The molecule has 1 N–H and O–H groups in total. The van der Waals surface area contributed by atoms with E-state index in [2.05, 4.69) is 4.98 Å². The molecule has 2 rings (SSSR count). The summed E-state index contributed by atoms with van der Waals surface area (Å²) in [6, 6.07) is 5.63. The Labute approximate surface area is 95.2 Å². The molecular weight excluding hydrogens is 206 g/mol. The molecule has 0 saturated carbocycles. The molecule has 1 aliphatic heterocycles. The Bertz CT molecular complexity index is 343. The van der Waals surface area contributed by atoms with Crippen LogP contribution in [0, 0.1) is 0 Å². The van der Waals surface area contributed by atoms with Crippen LogP contribution in [0.1, 0.15) is 30.3 Å². The van der Waals surface area contributed by atoms with E-state index in [4.69, 9.17) is 14.6 Å². The van der Waals surface area contributed by atoms with E-state index in [9.17, 15) is 0 Å². The van der Waals surface area contributed by atoms with Crippen LogP contribution in [-0.2, 0) is 16.1 Å². The Morgan fingerprint density at radius 2 is 2.44 bits per heavy atom. The van der Waals surface area contributed by atoms with Crippen molar-refractivity contribution >= 4 is 0 Å². The van der Waals surface area contributed by atoms with E-state index in [-0.39, 0.29) is 18.8 Å². The number of aliphatic hydroxyl groups is 1. The van der Waals surface area contributed by atoms with E-state index in [1.54, 1.807) is 13.2 Å². The smallest absolute Gasteiger partial charge is 0.102 e. The van der Waals surface area contributed by atoms with Crippen molar-refractivity contribution < 1.29 is 14.6 Å². The zero-order valence-electron chi connectivity index (χ0n) is 9.43. The molecule has 0 amide bonds. The van der Waals surface area contributed by atoms with Crippen molar-refractivity contribution in [1.82, 2.24) is 4.98 Å². The molecule has 0 radical (unpaired) electrons. The Balaban J connectivity index is 2.10. The van der Waals surface area contributed by atoms with Gasteiger partial charge >= 0.3 is 0 Å². The van der Waals surface area contributed by atoms with Crippen molar-refractivity contribution in [2.75, 3.05) is 13.7 Å². The summed E-state index contributed by atoms with van der Waals surface area (Å²) in [6.07, 6.45) is 2.01. The van der Waals surface area contributed by atoms with Gasteiger partial charge in [0.25, 0.3) is 0 Å². The van der Waals surface area contributed by atoms with E-state index in [0.717, 1.165) is 18.5 Å². The van der Waals surface area contributed by atoms with Gasteiger partial charge in [0.15, 0.2) is 0 Å². The summed E-state index contributed by atoms with van der Waals surface area (Å²) in [7, 11) is 1.73. The first-order chi connectivity index (χ1) is 7.83. The summed E-state index contributed by atoms with van der Waals surface area (Å²) in [4.78, 5) is 4.35. The Hall–Kier alpha value is -0.970. The summed E-state index contributed by atoms with van der Waals surface area (Å²) in [5.74, 6) is 0. The Kier molecular flexibility index (Phi) is 3.88. The first-order valence-electron chi connectivity index (χ1n) is 5.54. The van der Waals surface area contributed by atoms with Gasteiger partial charge in [0.1, 0.15) is 6.10 Å². The van der Waals surface area contributed by atoms with E-state index in [0.29, 0.717) is 12.3 Å². The molecule has 4 heteroatoms. The molecule has 88 valence electrons. The van der Waals surface area contributed by atoms with Gasteiger partial charge < -0.3 is 14.6 Å². The van der Waals surface area contributed by atoms with Crippen LogP contribution in [0.4, 0.5) is 0 Å². The predicted octanol–water partition coefficient (Wildman–Crippen LogP) is 1.44. The van der Waals surface area contributed by atoms with Gasteiger partial charge in [-0.05, 0) is 18.6 Å². The lowest BCUT2D eigenvalue weighted by molar-refractivity contribution is -0.0615. The summed E-state index contributed by atoms with van der Waals surface area (Å²) < 4.78 is 11.0. The molecule has 1 aromatic rings. The number of hydrogen-bond acceptors (Lipinski definition) is 4. The average molecular weight is 223 g/mol. The second kappa shape index (κ2) is 5.39. The van der Waals surface area contributed by atoms with Crippen LogP contribution in [0.3, 0.4) is 0 Å². The van der Waals surface area contributed by atoms with Crippen LogP contribution in [0.25, 0.3) is 0 Å². The molecule has 1 fully saturated rings. The van der Waals surface area contributed by atoms with Gasteiger partial charge in [-0.3, -0.25) is 4.98 Å². The normalized spacial score (nSPS) is 25.6. The minimum absolute atomic E-state index is 0.00907. The van der Waals surface area contributed by atoms with Crippen molar-refractivity contribution in [1.29, 1.82) is 0 Å². The van der Waals surface area contributed by atoms with Gasteiger partial charge in [0.2, 0.25) is 0 Å². The number of pyridine rings is 1. The number of aliphatic hydroxyl groups excluding tert-OH is 1. The number of nitrogens with zero attached hydrogens (tertiary/aromatic N) is 1. The third-order valence-electron chi connectivity index (χ3n) is 2.89. The maximum atomic E-state index is 9.03. The molecule has 1 aliphatic rings. The number of methoxy groups -OCH3 is 1. The third kappa shape index (κ3) is 2.58. The molecule has 1 saturated heterocycles. The summed E-state index contributed by atoms with van der Waals surface area (Å²) >= 11 is 0. The highest BCUT2D eigenvalue weighted by Gasteiger charge is 2.24. The van der Waals surface area contributed by atoms with Crippen LogP contribution in [0.2, 0.25) is 0 Å². The van der Waals surface area contributed by atoms with Crippen molar-refractivity contribution in [2.24, 2.45) is 0 Å². The molecule has 0 aromatic carbocycles. The molecule has 0 bridgehead atoms. The van der Waals surface area contributed by atoms with E-state index < -0.39 is 0 Å². The number of aromatic nitrogens is 1. The minimum Gasteiger partial charge on any atom is -0.390 e. The van der Waals surface area contributed by atoms with Crippen LogP contribution in [-0.4, -0.2) is 29.9 Å². The molecule has 0 spiro atoms. The van der Waals surface area contributed by atoms with Gasteiger partial charge in [-0.1, -0.05) is 6.07 Å². The maximum absolute atomic E-state index is 9.03. The Morgan fingerprint density at radius 1 is 1.56 bits per heavy atom. The highest BCUT2D eigenvalue weighted by Crippen LogP contribution is 2.28. The molecule has 16 heavy (non-hydrogen) atoms. The fourth-order valence-electron chi connectivity index (χ4n) is 1.95.